The first-order valence-electron chi connectivity index (χ1n) is 16.2. The molecule has 0 unspecified atom stereocenters. The van der Waals surface area contributed by atoms with E-state index in [1.807, 2.05) is 0 Å². The summed E-state index contributed by atoms with van der Waals surface area (Å²) < 4.78 is 79.6. The topological polar surface area (TPSA) is 117 Å². The number of benzene rings is 1. The number of nitrogens with one attached hydrogen (secondary N) is 1. The molecule has 258 valence electrons. The number of rotatable bonds is 10. The number of piperidine rings is 1. The van der Waals surface area contributed by atoms with E-state index >= 15 is 0 Å². The van der Waals surface area contributed by atoms with E-state index in [-0.39, 0.29) is 34.9 Å². The molecular weight excluding hydrogens is 637 g/mol. The summed E-state index contributed by atoms with van der Waals surface area (Å²) in [7, 11) is -3.25. The van der Waals surface area contributed by atoms with E-state index < -0.39 is 46.6 Å². The molecule has 1 aromatic heterocycles. The Bertz CT molecular complexity index is 1550. The summed E-state index contributed by atoms with van der Waals surface area (Å²) >= 11 is 0. The molecule has 1 saturated carbocycles. The molecule has 15 heteroatoms. The molecule has 2 aromatic rings. The second-order valence-electron chi connectivity index (χ2n) is 14.0. The van der Waals surface area contributed by atoms with Gasteiger partial charge in [0.05, 0.1) is 30.7 Å². The highest BCUT2D eigenvalue weighted by Crippen LogP contribution is 2.46. The zero-order valence-corrected chi connectivity index (χ0v) is 27.8. The van der Waals surface area contributed by atoms with E-state index in [0.29, 0.717) is 18.2 Å². The van der Waals surface area contributed by atoms with Gasteiger partial charge in [-0.25, -0.2) is 36.3 Å². The lowest BCUT2D eigenvalue weighted by atomic mass is 9.72. The number of carbonyl (C=O) groups is 1. The van der Waals surface area contributed by atoms with Crippen LogP contribution in [0.1, 0.15) is 62.7 Å². The molecule has 1 spiro atoms. The number of aromatic nitrogens is 2. The average Bonchev–Trinajstić information content (AvgIpc) is 2.97. The quantitative estimate of drug-likeness (QED) is 0.397. The number of ether oxygens (including phenoxy) is 2. The molecule has 47 heavy (non-hydrogen) atoms. The number of hydrogen-bond acceptors (Lipinski definition) is 9. The maximum atomic E-state index is 14.4. The van der Waals surface area contributed by atoms with Gasteiger partial charge in [0.25, 0.3) is 11.8 Å². The second kappa shape index (κ2) is 13.1. The van der Waals surface area contributed by atoms with Crippen molar-refractivity contribution in [2.45, 2.75) is 82.5 Å². The lowest BCUT2D eigenvalue weighted by Gasteiger charge is -2.54. The minimum absolute atomic E-state index is 0.0414. The smallest absolute Gasteiger partial charge is 0.258 e. The van der Waals surface area contributed by atoms with Gasteiger partial charge in [0, 0.05) is 56.0 Å². The zero-order chi connectivity index (χ0) is 33.6. The van der Waals surface area contributed by atoms with Gasteiger partial charge in [0.2, 0.25) is 10.0 Å². The van der Waals surface area contributed by atoms with Crippen molar-refractivity contribution < 1.29 is 35.9 Å². The summed E-state index contributed by atoms with van der Waals surface area (Å²) in [6.45, 7) is 8.14. The number of carbonyl (C=O) groups excluding carboxylic acids is 1. The van der Waals surface area contributed by atoms with Crippen molar-refractivity contribution in [2.24, 2.45) is 5.41 Å². The van der Waals surface area contributed by atoms with E-state index in [9.17, 15) is 26.4 Å². The van der Waals surface area contributed by atoms with Gasteiger partial charge in [-0.05, 0) is 70.8 Å². The van der Waals surface area contributed by atoms with Crippen molar-refractivity contribution >= 4 is 21.7 Å². The highest BCUT2D eigenvalue weighted by atomic mass is 32.2. The minimum Gasteiger partial charge on any atom is -0.451 e. The maximum Gasteiger partial charge on any atom is 0.258 e. The first kappa shape index (κ1) is 33.9. The molecule has 1 amide bonds. The number of hydrogen-bond donors (Lipinski definition) is 1. The summed E-state index contributed by atoms with van der Waals surface area (Å²) in [6.07, 6.45) is 6.95. The van der Waals surface area contributed by atoms with Crippen LogP contribution in [0.25, 0.3) is 0 Å². The summed E-state index contributed by atoms with van der Waals surface area (Å²) in [5.74, 6) is -3.00. The minimum atomic E-state index is -3.25. The fourth-order valence-corrected chi connectivity index (χ4v) is 8.15. The van der Waals surface area contributed by atoms with E-state index in [2.05, 4.69) is 24.5 Å². The Balaban J connectivity index is 1.06. The van der Waals surface area contributed by atoms with Crippen LogP contribution in [0.15, 0.2) is 30.7 Å². The van der Waals surface area contributed by atoms with Gasteiger partial charge >= 0.3 is 0 Å². The van der Waals surface area contributed by atoms with Gasteiger partial charge in [-0.3, -0.25) is 4.79 Å². The molecule has 1 aromatic carbocycles. The number of anilines is 1. The van der Waals surface area contributed by atoms with Gasteiger partial charge in [-0.1, -0.05) is 0 Å². The summed E-state index contributed by atoms with van der Waals surface area (Å²) in [6, 6.07) is 2.48. The van der Waals surface area contributed by atoms with Crippen molar-refractivity contribution in [1.82, 2.24) is 24.5 Å². The molecule has 6 rings (SSSR count). The van der Waals surface area contributed by atoms with E-state index in [0.717, 1.165) is 64.5 Å². The van der Waals surface area contributed by atoms with Gasteiger partial charge < -0.3 is 24.2 Å². The third-order valence-corrected chi connectivity index (χ3v) is 10.5. The Morgan fingerprint density at radius 1 is 1.17 bits per heavy atom. The van der Waals surface area contributed by atoms with Crippen LogP contribution in [0.4, 0.5) is 19.0 Å². The van der Waals surface area contributed by atoms with Crippen LogP contribution in [-0.4, -0.2) is 110 Å². The predicted molar refractivity (Wildman–Crippen MR) is 169 cm³/mol. The Kier molecular flexibility index (Phi) is 9.46. The molecule has 3 saturated heterocycles. The summed E-state index contributed by atoms with van der Waals surface area (Å²) in [4.78, 5) is 28.2. The molecular formula is C32H43F3N6O5S. The largest absolute Gasteiger partial charge is 0.451 e. The van der Waals surface area contributed by atoms with Gasteiger partial charge in [-0.2, -0.15) is 0 Å². The average molecular weight is 681 g/mol. The fraction of sp³-hybridized carbons (Fsp3) is 0.656. The SMILES string of the molecule is CC(C)N(C(=O)c1cc(F)ccc1Oc1cncnc1N1CC2(CCN(C[C@@H]3CC[C@@H](NS(C)(=O)=O)CO3)CC2)C1)C1CC(F)(F)C1. The molecule has 1 aliphatic carbocycles. The van der Waals surface area contributed by atoms with Gasteiger partial charge in [0.1, 0.15) is 17.9 Å². The van der Waals surface area contributed by atoms with Crippen LogP contribution in [0.5, 0.6) is 11.5 Å². The number of sulfonamides is 1. The number of likely N-dealkylation sites (tertiary alicyclic amines) is 1. The van der Waals surface area contributed by atoms with Crippen LogP contribution in [0.2, 0.25) is 0 Å². The number of amides is 1. The Morgan fingerprint density at radius 2 is 1.89 bits per heavy atom. The van der Waals surface area contributed by atoms with Crippen molar-refractivity contribution in [1.29, 1.82) is 0 Å². The Hall–Kier alpha value is -3.01. The van der Waals surface area contributed by atoms with Crippen LogP contribution >= 0.6 is 0 Å². The van der Waals surface area contributed by atoms with Crippen molar-refractivity contribution in [3.05, 3.63) is 42.1 Å². The van der Waals surface area contributed by atoms with E-state index in [1.54, 1.807) is 13.8 Å². The van der Waals surface area contributed by atoms with E-state index in [4.69, 9.17) is 9.47 Å². The first-order chi connectivity index (χ1) is 22.2. The lowest BCUT2D eigenvalue weighted by molar-refractivity contribution is -0.120. The third kappa shape index (κ3) is 7.84. The molecule has 11 nitrogen and oxygen atoms in total. The number of nitrogens with zero attached hydrogens (tertiary/aromatic N) is 5. The molecule has 3 aliphatic heterocycles. The molecule has 0 radical (unpaired) electrons. The monoisotopic (exact) mass is 680 g/mol. The lowest BCUT2D eigenvalue weighted by Crippen LogP contribution is -2.61. The third-order valence-electron chi connectivity index (χ3n) is 9.79. The maximum absolute atomic E-state index is 14.4. The van der Waals surface area contributed by atoms with Gasteiger partial charge in [-0.15, -0.1) is 0 Å². The number of halogens is 3. The second-order valence-corrected chi connectivity index (χ2v) is 15.7. The number of alkyl halides is 2. The van der Waals surface area contributed by atoms with Crippen molar-refractivity contribution in [2.75, 3.05) is 50.5 Å². The van der Waals surface area contributed by atoms with Crippen LogP contribution in [-0.2, 0) is 14.8 Å². The molecule has 4 fully saturated rings. The predicted octanol–water partition coefficient (Wildman–Crippen LogP) is 4.06. The molecule has 1 N–H and O–H groups in total. The molecule has 2 atom stereocenters. The van der Waals surface area contributed by atoms with Gasteiger partial charge in [0.15, 0.2) is 11.6 Å². The fourth-order valence-electron chi connectivity index (χ4n) is 7.36. The molecule has 0 bridgehead atoms. The molecule has 4 heterocycles. The summed E-state index contributed by atoms with van der Waals surface area (Å²) in [5.41, 5.74) is 0.0938. The highest BCUT2D eigenvalue weighted by molar-refractivity contribution is 7.88. The standard InChI is InChI=1S/C32H43F3N6O5S/c1-21(2)41(24-13-32(34,35)14-24)30(42)26-12-22(33)4-7-27(26)46-28-15-36-20-37-29(28)40-18-31(19-40)8-10-39(11-9-31)16-25-6-5-23(17-45-25)38-47(3,43)44/h4,7,12,15,20-21,23-25,38H,5-6,8-11,13-14,16-19H2,1-3H3/t23-,25+/m1/s1. The van der Waals surface area contributed by atoms with Crippen molar-refractivity contribution in [3.63, 3.8) is 0 Å². The van der Waals surface area contributed by atoms with Crippen LogP contribution in [0, 0.1) is 11.2 Å². The first-order valence-corrected chi connectivity index (χ1v) is 18.1. The molecule has 4 aliphatic rings. The van der Waals surface area contributed by atoms with Crippen molar-refractivity contribution in [3.8, 4) is 11.5 Å². The Labute approximate surface area is 273 Å². The van der Waals surface area contributed by atoms with Crippen LogP contribution < -0.4 is 14.4 Å². The highest BCUT2D eigenvalue weighted by Gasteiger charge is 2.50. The summed E-state index contributed by atoms with van der Waals surface area (Å²) in [5, 5.41) is 0. The van der Waals surface area contributed by atoms with Crippen LogP contribution in [0.3, 0.4) is 0 Å². The zero-order valence-electron chi connectivity index (χ0n) is 27.0. The normalized spacial score (nSPS) is 24.5. The Morgan fingerprint density at radius 3 is 2.51 bits per heavy atom. The van der Waals surface area contributed by atoms with E-state index in [1.165, 1.54) is 35.8 Å².